The van der Waals surface area contributed by atoms with Gasteiger partial charge in [0, 0.05) is 29.4 Å². The number of thioether (sulfide) groups is 1. The Morgan fingerprint density at radius 1 is 1.22 bits per heavy atom. The zero-order chi connectivity index (χ0) is 22.5. The fourth-order valence-corrected chi connectivity index (χ4v) is 4.86. The van der Waals surface area contributed by atoms with Crippen LogP contribution in [0.25, 0.3) is 5.78 Å². The van der Waals surface area contributed by atoms with Gasteiger partial charge in [-0.3, -0.25) is 4.79 Å². The predicted octanol–water partition coefficient (Wildman–Crippen LogP) is 5.08. The Morgan fingerprint density at radius 2 is 2.06 bits per heavy atom. The van der Waals surface area contributed by atoms with Crippen LogP contribution in [0.1, 0.15) is 54.6 Å². The Hall–Kier alpha value is -2.38. The van der Waals surface area contributed by atoms with Gasteiger partial charge in [-0.15, -0.1) is 5.10 Å². The average molecular weight is 470 g/mol. The molecule has 0 saturated carbocycles. The second kappa shape index (κ2) is 10.5. The third kappa shape index (κ3) is 5.51. The molecule has 3 aromatic rings. The fraction of sp³-hybridized carbons (Fsp3) is 0.417. The number of hydrogen-bond acceptors (Lipinski definition) is 5. The SMILES string of the molecule is Cc1nc2nc(SCC(=O)NCCC3=CCCCC3)nn2c(C)c1Cc1ccccc1Cl. The highest BCUT2D eigenvalue weighted by atomic mass is 35.5. The van der Waals surface area contributed by atoms with Crippen LogP contribution in [0, 0.1) is 13.8 Å². The summed E-state index contributed by atoms with van der Waals surface area (Å²) in [7, 11) is 0. The first-order valence-electron chi connectivity index (χ1n) is 11.0. The van der Waals surface area contributed by atoms with Crippen molar-refractivity contribution in [1.29, 1.82) is 0 Å². The van der Waals surface area contributed by atoms with Crippen molar-refractivity contribution >= 4 is 35.0 Å². The topological polar surface area (TPSA) is 72.2 Å². The van der Waals surface area contributed by atoms with E-state index in [1.807, 2.05) is 38.1 Å². The highest BCUT2D eigenvalue weighted by molar-refractivity contribution is 7.99. The van der Waals surface area contributed by atoms with Crippen molar-refractivity contribution < 1.29 is 4.79 Å². The number of nitrogens with zero attached hydrogens (tertiary/aromatic N) is 4. The van der Waals surface area contributed by atoms with Gasteiger partial charge in [-0.05, 0) is 63.1 Å². The van der Waals surface area contributed by atoms with E-state index in [0.717, 1.165) is 34.0 Å². The number of benzene rings is 1. The minimum Gasteiger partial charge on any atom is -0.355 e. The van der Waals surface area contributed by atoms with Crippen molar-refractivity contribution in [3.63, 3.8) is 0 Å². The summed E-state index contributed by atoms with van der Waals surface area (Å²) >= 11 is 7.69. The van der Waals surface area contributed by atoms with Gasteiger partial charge in [0.05, 0.1) is 5.75 Å². The van der Waals surface area contributed by atoms with Gasteiger partial charge in [0.25, 0.3) is 5.78 Å². The molecule has 8 heteroatoms. The van der Waals surface area contributed by atoms with Crippen LogP contribution in [0.15, 0.2) is 41.1 Å². The van der Waals surface area contributed by atoms with E-state index in [4.69, 9.17) is 11.6 Å². The molecule has 1 aromatic carbocycles. The van der Waals surface area contributed by atoms with Crippen LogP contribution < -0.4 is 5.32 Å². The maximum absolute atomic E-state index is 12.2. The Labute approximate surface area is 197 Å². The van der Waals surface area contributed by atoms with Gasteiger partial charge in [-0.1, -0.05) is 53.2 Å². The van der Waals surface area contributed by atoms with Gasteiger partial charge in [-0.25, -0.2) is 9.50 Å². The summed E-state index contributed by atoms with van der Waals surface area (Å²) < 4.78 is 1.76. The number of aryl methyl sites for hydroxylation is 2. The molecule has 0 unspecified atom stereocenters. The molecule has 1 N–H and O–H groups in total. The van der Waals surface area contributed by atoms with Gasteiger partial charge >= 0.3 is 0 Å². The Kier molecular flexibility index (Phi) is 7.48. The monoisotopic (exact) mass is 469 g/mol. The molecule has 0 bridgehead atoms. The number of hydrogen-bond donors (Lipinski definition) is 1. The van der Waals surface area contributed by atoms with Crippen molar-refractivity contribution in [1.82, 2.24) is 24.9 Å². The zero-order valence-corrected chi connectivity index (χ0v) is 20.1. The molecule has 1 aliphatic carbocycles. The molecule has 2 aromatic heterocycles. The Morgan fingerprint density at radius 3 is 2.84 bits per heavy atom. The standard InChI is InChI=1S/C24H28ClN5OS/c1-16-20(14-19-10-6-7-11-21(19)25)17(2)30-23(27-16)28-24(29-30)32-15-22(31)26-13-12-18-8-4-3-5-9-18/h6-8,10-11H,3-5,9,12-15H2,1-2H3,(H,26,31). The number of rotatable bonds is 8. The molecule has 0 saturated heterocycles. The molecule has 168 valence electrons. The molecule has 0 spiro atoms. The summed E-state index contributed by atoms with van der Waals surface area (Å²) in [5.41, 5.74) is 5.50. The van der Waals surface area contributed by atoms with Crippen LogP contribution in [0.4, 0.5) is 0 Å². The number of aromatic nitrogens is 4. The van der Waals surface area contributed by atoms with Gasteiger partial charge in [0.1, 0.15) is 0 Å². The smallest absolute Gasteiger partial charge is 0.253 e. The van der Waals surface area contributed by atoms with E-state index in [2.05, 4.69) is 26.5 Å². The predicted molar refractivity (Wildman–Crippen MR) is 129 cm³/mol. The first-order chi connectivity index (χ1) is 15.5. The Bertz CT molecular complexity index is 1160. The number of carbonyl (C=O) groups excluding carboxylic acids is 1. The number of amides is 1. The fourth-order valence-electron chi connectivity index (χ4n) is 4.01. The minimum absolute atomic E-state index is 0.00513. The molecular weight excluding hydrogens is 442 g/mol. The number of fused-ring (bicyclic) bond motifs is 1. The highest BCUT2D eigenvalue weighted by Crippen LogP contribution is 2.24. The average Bonchev–Trinajstić information content (AvgIpc) is 3.20. The van der Waals surface area contributed by atoms with Gasteiger partial charge in [0.15, 0.2) is 0 Å². The lowest BCUT2D eigenvalue weighted by Gasteiger charge is -2.12. The van der Waals surface area contributed by atoms with E-state index in [1.54, 1.807) is 4.52 Å². The summed E-state index contributed by atoms with van der Waals surface area (Å²) in [5, 5.41) is 8.89. The first-order valence-corrected chi connectivity index (χ1v) is 12.4. The quantitative estimate of drug-likeness (QED) is 0.367. The number of halogens is 1. The van der Waals surface area contributed by atoms with Crippen molar-refractivity contribution in [3.8, 4) is 0 Å². The molecule has 6 nitrogen and oxygen atoms in total. The molecular formula is C24H28ClN5OS. The molecule has 2 heterocycles. The van der Waals surface area contributed by atoms with Crippen molar-refractivity contribution in [2.45, 2.75) is 57.5 Å². The second-order valence-electron chi connectivity index (χ2n) is 8.13. The van der Waals surface area contributed by atoms with E-state index in [0.29, 0.717) is 29.7 Å². The second-order valence-corrected chi connectivity index (χ2v) is 9.48. The maximum Gasteiger partial charge on any atom is 0.253 e. The molecule has 1 amide bonds. The van der Waals surface area contributed by atoms with E-state index in [-0.39, 0.29) is 5.91 Å². The normalized spacial score (nSPS) is 13.9. The molecule has 0 aliphatic heterocycles. The van der Waals surface area contributed by atoms with E-state index >= 15 is 0 Å². The van der Waals surface area contributed by atoms with Gasteiger partial charge < -0.3 is 5.32 Å². The molecule has 0 atom stereocenters. The highest BCUT2D eigenvalue weighted by Gasteiger charge is 2.16. The van der Waals surface area contributed by atoms with Crippen LogP contribution in [0.2, 0.25) is 5.02 Å². The lowest BCUT2D eigenvalue weighted by atomic mass is 9.97. The number of carbonyl (C=O) groups is 1. The van der Waals surface area contributed by atoms with Crippen molar-refractivity contribution in [3.05, 3.63) is 63.5 Å². The summed E-state index contributed by atoms with van der Waals surface area (Å²) in [5.74, 6) is 0.848. The summed E-state index contributed by atoms with van der Waals surface area (Å²) in [6.45, 7) is 4.69. The lowest BCUT2D eigenvalue weighted by molar-refractivity contribution is -0.118. The summed E-state index contributed by atoms with van der Waals surface area (Å²) in [6, 6.07) is 7.84. The third-order valence-electron chi connectivity index (χ3n) is 5.84. The van der Waals surface area contributed by atoms with Gasteiger partial charge in [0.2, 0.25) is 11.1 Å². The van der Waals surface area contributed by atoms with Crippen LogP contribution in [0.3, 0.4) is 0 Å². The third-order valence-corrected chi connectivity index (χ3v) is 7.05. The maximum atomic E-state index is 12.2. The number of allylic oxidation sites excluding steroid dienone is 1. The van der Waals surface area contributed by atoms with Crippen LogP contribution >= 0.6 is 23.4 Å². The Balaban J connectivity index is 1.39. The summed E-state index contributed by atoms with van der Waals surface area (Å²) in [6.07, 6.45) is 8.84. The van der Waals surface area contributed by atoms with E-state index < -0.39 is 0 Å². The molecule has 32 heavy (non-hydrogen) atoms. The van der Waals surface area contributed by atoms with E-state index in [1.165, 1.54) is 43.0 Å². The molecule has 4 rings (SSSR count). The molecule has 1 aliphatic rings. The number of nitrogens with one attached hydrogen (secondary N) is 1. The van der Waals surface area contributed by atoms with E-state index in [9.17, 15) is 4.79 Å². The summed E-state index contributed by atoms with van der Waals surface area (Å²) in [4.78, 5) is 21.4. The van der Waals surface area contributed by atoms with Gasteiger partial charge in [-0.2, -0.15) is 4.98 Å². The first kappa shape index (κ1) is 22.8. The minimum atomic E-state index is 0.00513. The zero-order valence-electron chi connectivity index (χ0n) is 18.5. The lowest BCUT2D eigenvalue weighted by Crippen LogP contribution is -2.26. The molecule has 0 radical (unpaired) electrons. The van der Waals surface area contributed by atoms with Crippen molar-refractivity contribution in [2.24, 2.45) is 0 Å². The van der Waals surface area contributed by atoms with Crippen LogP contribution in [0.5, 0.6) is 0 Å². The largest absolute Gasteiger partial charge is 0.355 e. The van der Waals surface area contributed by atoms with Crippen LogP contribution in [-0.4, -0.2) is 37.8 Å². The molecule has 0 fully saturated rings. The van der Waals surface area contributed by atoms with Crippen molar-refractivity contribution in [2.75, 3.05) is 12.3 Å². The van der Waals surface area contributed by atoms with Crippen LogP contribution in [-0.2, 0) is 11.2 Å².